The second kappa shape index (κ2) is 4.65. The molecule has 0 saturated heterocycles. The number of benzene rings is 1. The van der Waals surface area contributed by atoms with Crippen molar-refractivity contribution < 1.29 is 13.2 Å². The molecular weight excluding hydrogens is 297 g/mol. The molecule has 5 nitrogen and oxygen atoms in total. The number of nitriles is 1. The molecule has 23 heavy (non-hydrogen) atoms. The number of hydrogen-bond donors (Lipinski definition) is 0. The summed E-state index contributed by atoms with van der Waals surface area (Å²) in [6, 6.07) is 5.51. The van der Waals surface area contributed by atoms with Crippen LogP contribution in [-0.2, 0) is 0 Å². The van der Waals surface area contributed by atoms with Crippen molar-refractivity contribution in [2.75, 3.05) is 0 Å². The van der Waals surface area contributed by atoms with Gasteiger partial charge in [-0.15, -0.1) is 0 Å². The maximum atomic E-state index is 15.2. The molecule has 0 unspecified atom stereocenters. The smallest absolute Gasteiger partial charge is 0.227 e. The summed E-state index contributed by atoms with van der Waals surface area (Å²) >= 11 is 0. The standard InChI is InChI=1S/C17H10FN3O2/c1-8-11(6-19)16-14(10-4-3-5-20-17(10)23-16)15(18)13(8)12-7-22-9(2)21-12/h3-5,7H,1-2H3. The van der Waals surface area contributed by atoms with E-state index < -0.39 is 5.82 Å². The van der Waals surface area contributed by atoms with Gasteiger partial charge in [0.1, 0.15) is 23.8 Å². The second-order valence-electron chi connectivity index (χ2n) is 5.21. The lowest BCUT2D eigenvalue weighted by Gasteiger charge is -2.07. The Balaban J connectivity index is 2.24. The van der Waals surface area contributed by atoms with E-state index in [1.165, 1.54) is 6.26 Å². The first-order valence-corrected chi connectivity index (χ1v) is 6.93. The molecular formula is C17H10FN3O2. The van der Waals surface area contributed by atoms with Crippen LogP contribution in [0.25, 0.3) is 33.3 Å². The van der Waals surface area contributed by atoms with Gasteiger partial charge in [0.15, 0.2) is 11.5 Å². The molecule has 3 aromatic heterocycles. The molecule has 4 rings (SSSR count). The number of halogens is 1. The zero-order chi connectivity index (χ0) is 16.1. The molecule has 0 aliphatic rings. The van der Waals surface area contributed by atoms with Gasteiger partial charge in [0.05, 0.1) is 16.3 Å². The lowest BCUT2D eigenvalue weighted by molar-refractivity contribution is 0.521. The van der Waals surface area contributed by atoms with E-state index in [9.17, 15) is 5.26 Å². The van der Waals surface area contributed by atoms with Gasteiger partial charge in [-0.1, -0.05) is 0 Å². The third-order valence-corrected chi connectivity index (χ3v) is 3.87. The van der Waals surface area contributed by atoms with Crippen molar-refractivity contribution in [3.63, 3.8) is 0 Å². The molecule has 0 bridgehead atoms. The molecule has 112 valence electrons. The number of aromatic nitrogens is 2. The average molecular weight is 307 g/mol. The molecule has 0 aliphatic heterocycles. The zero-order valence-electron chi connectivity index (χ0n) is 12.3. The zero-order valence-corrected chi connectivity index (χ0v) is 12.3. The molecule has 0 atom stereocenters. The lowest BCUT2D eigenvalue weighted by Crippen LogP contribution is -1.95. The summed E-state index contributed by atoms with van der Waals surface area (Å²) in [5.41, 5.74) is 1.84. The van der Waals surface area contributed by atoms with Gasteiger partial charge in [0, 0.05) is 18.7 Å². The van der Waals surface area contributed by atoms with Gasteiger partial charge >= 0.3 is 0 Å². The van der Waals surface area contributed by atoms with Crippen molar-refractivity contribution in [2.45, 2.75) is 13.8 Å². The van der Waals surface area contributed by atoms with Gasteiger partial charge in [0.25, 0.3) is 0 Å². The fourth-order valence-corrected chi connectivity index (χ4v) is 2.83. The van der Waals surface area contributed by atoms with Crippen molar-refractivity contribution in [3.05, 3.63) is 47.4 Å². The van der Waals surface area contributed by atoms with Crippen molar-refractivity contribution in [1.29, 1.82) is 5.26 Å². The third kappa shape index (κ3) is 1.77. The van der Waals surface area contributed by atoms with Crippen LogP contribution in [0.2, 0.25) is 0 Å². The maximum absolute atomic E-state index is 15.2. The summed E-state index contributed by atoms with van der Waals surface area (Å²) in [5.74, 6) is -0.0623. The quantitative estimate of drug-likeness (QED) is 0.525. The maximum Gasteiger partial charge on any atom is 0.227 e. The Bertz CT molecular complexity index is 1120. The average Bonchev–Trinajstić information content (AvgIpc) is 3.11. The lowest BCUT2D eigenvalue weighted by atomic mass is 9.96. The first-order valence-electron chi connectivity index (χ1n) is 6.93. The van der Waals surface area contributed by atoms with Crippen LogP contribution in [0.4, 0.5) is 4.39 Å². The highest BCUT2D eigenvalue weighted by molar-refractivity contribution is 6.08. The number of hydrogen-bond acceptors (Lipinski definition) is 5. The molecule has 0 spiro atoms. The van der Waals surface area contributed by atoms with E-state index in [0.717, 1.165) is 0 Å². The highest BCUT2D eigenvalue weighted by atomic mass is 19.1. The predicted molar refractivity (Wildman–Crippen MR) is 81.2 cm³/mol. The molecule has 3 heterocycles. The largest absolute Gasteiger partial charge is 0.449 e. The topological polar surface area (TPSA) is 75.8 Å². The number of pyridine rings is 1. The van der Waals surface area contributed by atoms with Crippen molar-refractivity contribution in [1.82, 2.24) is 9.97 Å². The minimum atomic E-state index is -0.489. The number of rotatable bonds is 1. The second-order valence-corrected chi connectivity index (χ2v) is 5.21. The molecule has 0 aliphatic carbocycles. The number of fused-ring (bicyclic) bond motifs is 3. The molecule has 0 N–H and O–H groups in total. The Morgan fingerprint density at radius 2 is 2.13 bits per heavy atom. The highest BCUT2D eigenvalue weighted by Crippen LogP contribution is 2.39. The Morgan fingerprint density at radius 3 is 2.83 bits per heavy atom. The summed E-state index contributed by atoms with van der Waals surface area (Å²) in [5, 5.41) is 10.3. The van der Waals surface area contributed by atoms with E-state index in [-0.39, 0.29) is 22.1 Å². The van der Waals surface area contributed by atoms with E-state index in [4.69, 9.17) is 8.83 Å². The minimum Gasteiger partial charge on any atom is -0.449 e. The first kappa shape index (κ1) is 13.5. The van der Waals surface area contributed by atoms with Crippen molar-refractivity contribution in [2.24, 2.45) is 0 Å². The molecule has 6 heteroatoms. The molecule has 1 aromatic carbocycles. The molecule has 0 radical (unpaired) electrons. The number of aryl methyl sites for hydroxylation is 1. The summed E-state index contributed by atoms with van der Waals surface area (Å²) in [6.07, 6.45) is 2.94. The predicted octanol–water partition coefficient (Wildman–Crippen LogP) is 4.26. The summed E-state index contributed by atoms with van der Waals surface area (Å²) < 4.78 is 26.0. The fraction of sp³-hybridized carbons (Fsp3) is 0.118. The SMILES string of the molecule is Cc1nc(-c2c(C)c(C#N)c3oc4ncccc4c3c2F)co1. The van der Waals surface area contributed by atoms with Crippen LogP contribution in [0.3, 0.4) is 0 Å². The Kier molecular flexibility index (Phi) is 2.72. The van der Waals surface area contributed by atoms with Gasteiger partial charge in [0.2, 0.25) is 5.71 Å². The van der Waals surface area contributed by atoms with Crippen LogP contribution in [0.15, 0.2) is 33.4 Å². The van der Waals surface area contributed by atoms with Gasteiger partial charge < -0.3 is 8.83 Å². The van der Waals surface area contributed by atoms with E-state index in [1.807, 2.05) is 0 Å². The summed E-state index contributed by atoms with van der Waals surface area (Å²) in [6.45, 7) is 3.35. The van der Waals surface area contributed by atoms with Crippen molar-refractivity contribution >= 4 is 22.1 Å². The van der Waals surface area contributed by atoms with Crippen LogP contribution < -0.4 is 0 Å². The normalized spacial score (nSPS) is 11.2. The minimum absolute atomic E-state index is 0.208. The van der Waals surface area contributed by atoms with E-state index in [1.54, 1.807) is 32.2 Å². The monoisotopic (exact) mass is 307 g/mol. The van der Waals surface area contributed by atoms with Gasteiger partial charge in [-0.05, 0) is 24.6 Å². The van der Waals surface area contributed by atoms with Crippen LogP contribution in [0, 0.1) is 31.0 Å². The Labute approximate surface area is 130 Å². The molecule has 0 saturated carbocycles. The number of nitrogens with zero attached hydrogens (tertiary/aromatic N) is 3. The highest BCUT2D eigenvalue weighted by Gasteiger charge is 2.25. The van der Waals surface area contributed by atoms with E-state index in [2.05, 4.69) is 16.0 Å². The van der Waals surface area contributed by atoms with Gasteiger partial charge in [-0.2, -0.15) is 5.26 Å². The van der Waals surface area contributed by atoms with Crippen LogP contribution in [0.5, 0.6) is 0 Å². The van der Waals surface area contributed by atoms with Crippen LogP contribution in [-0.4, -0.2) is 9.97 Å². The Hall–Kier alpha value is -3.20. The van der Waals surface area contributed by atoms with Gasteiger partial charge in [-0.3, -0.25) is 0 Å². The summed E-state index contributed by atoms with van der Waals surface area (Å²) in [7, 11) is 0. The molecule has 0 fully saturated rings. The van der Waals surface area contributed by atoms with Crippen molar-refractivity contribution in [3.8, 4) is 17.3 Å². The number of furan rings is 1. The van der Waals surface area contributed by atoms with Gasteiger partial charge in [-0.25, -0.2) is 14.4 Å². The van der Waals surface area contributed by atoms with Crippen LogP contribution >= 0.6 is 0 Å². The fourth-order valence-electron chi connectivity index (χ4n) is 2.83. The Morgan fingerprint density at radius 1 is 1.30 bits per heavy atom. The number of oxazole rings is 1. The summed E-state index contributed by atoms with van der Waals surface area (Å²) in [4.78, 5) is 8.28. The third-order valence-electron chi connectivity index (χ3n) is 3.87. The molecule has 0 amide bonds. The van der Waals surface area contributed by atoms with Crippen LogP contribution in [0.1, 0.15) is 17.0 Å². The first-order chi connectivity index (χ1) is 11.1. The molecule has 4 aromatic rings. The van der Waals surface area contributed by atoms with E-state index in [0.29, 0.717) is 28.2 Å². The van der Waals surface area contributed by atoms with E-state index >= 15 is 4.39 Å².